The fourth-order valence-corrected chi connectivity index (χ4v) is 5.19. The van der Waals surface area contributed by atoms with Crippen molar-refractivity contribution in [1.82, 2.24) is 10.2 Å². The van der Waals surface area contributed by atoms with Crippen molar-refractivity contribution in [2.45, 2.75) is 18.8 Å². The summed E-state index contributed by atoms with van der Waals surface area (Å²) in [7, 11) is 1.72. The molecule has 2 heterocycles. The lowest BCUT2D eigenvalue weighted by Gasteiger charge is -2.16. The first kappa shape index (κ1) is 17.3. The van der Waals surface area contributed by atoms with Crippen LogP contribution in [0.1, 0.15) is 33.1 Å². The number of amides is 1. The summed E-state index contributed by atoms with van der Waals surface area (Å²) in [5.41, 5.74) is 2.65. The van der Waals surface area contributed by atoms with Gasteiger partial charge in [0, 0.05) is 30.8 Å². The lowest BCUT2D eigenvalue weighted by Crippen LogP contribution is -2.24. The zero-order chi connectivity index (χ0) is 17.9. The number of nitrogens with one attached hydrogen (secondary N) is 1. The predicted octanol–water partition coefficient (Wildman–Crippen LogP) is 4.29. The first-order valence-electron chi connectivity index (χ1n) is 9.26. The summed E-state index contributed by atoms with van der Waals surface area (Å²) >= 11 is 1.62. The highest BCUT2D eigenvalue weighted by Gasteiger charge is 2.30. The van der Waals surface area contributed by atoms with E-state index >= 15 is 0 Å². The Hall–Kier alpha value is -2.17. The Bertz CT molecular complexity index is 903. The maximum absolute atomic E-state index is 12.4. The smallest absolute Gasteiger partial charge is 0.261 e. The molecule has 1 aromatic heterocycles. The van der Waals surface area contributed by atoms with Gasteiger partial charge < -0.3 is 10.2 Å². The van der Waals surface area contributed by atoms with Crippen molar-refractivity contribution in [2.75, 3.05) is 26.7 Å². The van der Waals surface area contributed by atoms with Crippen LogP contribution in [0.4, 0.5) is 0 Å². The topological polar surface area (TPSA) is 32.3 Å². The number of carbonyl (C=O) groups is 1. The molecule has 1 N–H and O–H groups in total. The average Bonchev–Trinajstić information content (AvgIpc) is 3.30. The third-order valence-electron chi connectivity index (χ3n) is 5.31. The van der Waals surface area contributed by atoms with Crippen LogP contribution in [0.2, 0.25) is 0 Å². The molecule has 0 aliphatic carbocycles. The molecule has 2 aromatic carbocycles. The van der Waals surface area contributed by atoms with Crippen molar-refractivity contribution >= 4 is 27.3 Å². The highest BCUT2D eigenvalue weighted by Crippen LogP contribution is 2.40. The molecule has 0 saturated carbocycles. The Morgan fingerprint density at radius 3 is 2.73 bits per heavy atom. The third kappa shape index (κ3) is 3.39. The first-order chi connectivity index (χ1) is 12.8. The Labute approximate surface area is 158 Å². The molecule has 1 aliphatic heterocycles. The fourth-order valence-electron chi connectivity index (χ4n) is 3.96. The minimum atomic E-state index is 0.0453. The number of likely N-dealkylation sites (tertiary alicyclic amines) is 1. The molecule has 1 amide bonds. The normalized spacial score (nSPS) is 17.7. The summed E-state index contributed by atoms with van der Waals surface area (Å²) in [6.07, 6.45) is 2.21. The van der Waals surface area contributed by atoms with Crippen LogP contribution in [0.15, 0.2) is 54.6 Å². The van der Waals surface area contributed by atoms with Gasteiger partial charge in [0.25, 0.3) is 5.91 Å². The van der Waals surface area contributed by atoms with Crippen LogP contribution in [0.3, 0.4) is 0 Å². The molecule has 1 saturated heterocycles. The van der Waals surface area contributed by atoms with Gasteiger partial charge in [-0.3, -0.25) is 4.79 Å². The molecule has 1 aliphatic rings. The van der Waals surface area contributed by atoms with E-state index < -0.39 is 0 Å². The van der Waals surface area contributed by atoms with E-state index in [4.69, 9.17) is 0 Å². The quantitative estimate of drug-likeness (QED) is 0.732. The standard InChI is InChI=1S/C22H24N2OS/c1-23-22(25)21-20(18-9-5-6-10-19(18)26-21)17-12-14-24(15-17)13-11-16-7-3-2-4-8-16/h2-10,17H,11-15H2,1H3,(H,23,25)/t17-/m0/s1. The maximum atomic E-state index is 12.4. The highest BCUT2D eigenvalue weighted by molar-refractivity contribution is 7.21. The Morgan fingerprint density at radius 1 is 1.15 bits per heavy atom. The van der Waals surface area contributed by atoms with Gasteiger partial charge in [0.1, 0.15) is 0 Å². The Morgan fingerprint density at radius 2 is 1.92 bits per heavy atom. The molecule has 4 rings (SSSR count). The minimum absolute atomic E-state index is 0.0453. The zero-order valence-electron chi connectivity index (χ0n) is 15.1. The van der Waals surface area contributed by atoms with Gasteiger partial charge in [-0.1, -0.05) is 48.5 Å². The van der Waals surface area contributed by atoms with Gasteiger partial charge in [-0.25, -0.2) is 0 Å². The molecule has 0 bridgehead atoms. The van der Waals surface area contributed by atoms with E-state index in [1.54, 1.807) is 18.4 Å². The van der Waals surface area contributed by atoms with Crippen LogP contribution in [0, 0.1) is 0 Å². The lowest BCUT2D eigenvalue weighted by molar-refractivity contribution is 0.0966. The molecule has 0 spiro atoms. The van der Waals surface area contributed by atoms with Gasteiger partial charge in [-0.05, 0) is 42.0 Å². The second-order valence-corrected chi connectivity index (χ2v) is 7.99. The summed E-state index contributed by atoms with van der Waals surface area (Å²) in [6, 6.07) is 19.1. The molecule has 3 aromatic rings. The average molecular weight is 365 g/mol. The molecular formula is C22H24N2OS. The van der Waals surface area contributed by atoms with Crippen molar-refractivity contribution in [2.24, 2.45) is 0 Å². The van der Waals surface area contributed by atoms with Crippen LogP contribution >= 0.6 is 11.3 Å². The number of thiophene rings is 1. The molecule has 0 radical (unpaired) electrons. The van der Waals surface area contributed by atoms with Crippen LogP contribution in [0.25, 0.3) is 10.1 Å². The summed E-state index contributed by atoms with van der Waals surface area (Å²) < 4.78 is 1.21. The number of hydrogen-bond donors (Lipinski definition) is 1. The van der Waals surface area contributed by atoms with Gasteiger partial charge >= 0.3 is 0 Å². The van der Waals surface area contributed by atoms with Gasteiger partial charge in [0.15, 0.2) is 0 Å². The highest BCUT2D eigenvalue weighted by atomic mass is 32.1. The molecular weight excluding hydrogens is 340 g/mol. The third-order valence-corrected chi connectivity index (χ3v) is 6.49. The minimum Gasteiger partial charge on any atom is -0.354 e. The van der Waals surface area contributed by atoms with Gasteiger partial charge in [-0.2, -0.15) is 0 Å². The Kier molecular flexibility index (Phi) is 5.05. The predicted molar refractivity (Wildman–Crippen MR) is 109 cm³/mol. The first-order valence-corrected chi connectivity index (χ1v) is 10.1. The van der Waals surface area contributed by atoms with E-state index in [-0.39, 0.29) is 5.91 Å². The molecule has 1 atom stereocenters. The molecule has 4 heteroatoms. The van der Waals surface area contributed by atoms with Crippen molar-refractivity contribution in [3.63, 3.8) is 0 Å². The number of fused-ring (bicyclic) bond motifs is 1. The van der Waals surface area contributed by atoms with E-state index in [9.17, 15) is 4.79 Å². The van der Waals surface area contributed by atoms with Crippen LogP contribution in [-0.4, -0.2) is 37.5 Å². The number of nitrogens with zero attached hydrogens (tertiary/aromatic N) is 1. The van der Waals surface area contributed by atoms with E-state index in [2.05, 4.69) is 64.8 Å². The van der Waals surface area contributed by atoms with Gasteiger partial charge in [0.05, 0.1) is 4.88 Å². The zero-order valence-corrected chi connectivity index (χ0v) is 15.9. The number of carbonyl (C=O) groups excluding carboxylic acids is 1. The maximum Gasteiger partial charge on any atom is 0.261 e. The van der Waals surface area contributed by atoms with Crippen molar-refractivity contribution in [3.05, 3.63) is 70.6 Å². The van der Waals surface area contributed by atoms with E-state index in [1.165, 1.54) is 21.2 Å². The van der Waals surface area contributed by atoms with E-state index in [0.717, 1.165) is 37.4 Å². The number of rotatable bonds is 5. The summed E-state index contributed by atoms with van der Waals surface area (Å²) in [4.78, 5) is 15.9. The van der Waals surface area contributed by atoms with Crippen molar-refractivity contribution < 1.29 is 4.79 Å². The number of benzene rings is 2. The summed E-state index contributed by atoms with van der Waals surface area (Å²) in [5, 5.41) is 4.08. The molecule has 134 valence electrons. The van der Waals surface area contributed by atoms with Crippen molar-refractivity contribution in [3.8, 4) is 0 Å². The SMILES string of the molecule is CNC(=O)c1sc2ccccc2c1[C@H]1CCN(CCc2ccccc2)C1. The lowest BCUT2D eigenvalue weighted by atomic mass is 9.95. The molecule has 1 fully saturated rings. The fraction of sp³-hybridized carbons (Fsp3) is 0.318. The van der Waals surface area contributed by atoms with Gasteiger partial charge in [-0.15, -0.1) is 11.3 Å². The summed E-state index contributed by atoms with van der Waals surface area (Å²) in [5.74, 6) is 0.484. The Balaban J connectivity index is 1.54. The monoisotopic (exact) mass is 364 g/mol. The second-order valence-electron chi connectivity index (χ2n) is 6.94. The largest absolute Gasteiger partial charge is 0.354 e. The summed E-state index contributed by atoms with van der Waals surface area (Å²) in [6.45, 7) is 3.23. The van der Waals surface area contributed by atoms with Crippen molar-refractivity contribution in [1.29, 1.82) is 0 Å². The number of hydrogen-bond acceptors (Lipinski definition) is 3. The molecule has 26 heavy (non-hydrogen) atoms. The van der Waals surface area contributed by atoms with Crippen LogP contribution in [-0.2, 0) is 6.42 Å². The molecule has 3 nitrogen and oxygen atoms in total. The van der Waals surface area contributed by atoms with Crippen LogP contribution in [0.5, 0.6) is 0 Å². The second kappa shape index (κ2) is 7.60. The molecule has 0 unspecified atom stereocenters. The van der Waals surface area contributed by atoms with Gasteiger partial charge in [0.2, 0.25) is 0 Å². The van der Waals surface area contributed by atoms with E-state index in [1.807, 2.05) is 0 Å². The van der Waals surface area contributed by atoms with Crippen LogP contribution < -0.4 is 5.32 Å². The van der Waals surface area contributed by atoms with E-state index in [0.29, 0.717) is 5.92 Å².